The Morgan fingerprint density at radius 3 is 2.62 bits per heavy atom. The van der Waals surface area contributed by atoms with Crippen molar-refractivity contribution in [2.45, 2.75) is 33.4 Å². The second kappa shape index (κ2) is 6.74. The van der Waals surface area contributed by atoms with Gasteiger partial charge in [-0.25, -0.2) is 9.67 Å². The first-order valence-corrected chi connectivity index (χ1v) is 8.04. The van der Waals surface area contributed by atoms with E-state index in [9.17, 15) is 5.11 Å². The van der Waals surface area contributed by atoms with E-state index >= 15 is 0 Å². The Morgan fingerprint density at radius 2 is 1.92 bits per heavy atom. The fourth-order valence-electron chi connectivity index (χ4n) is 2.77. The second-order valence-corrected chi connectivity index (χ2v) is 6.03. The molecule has 1 atom stereocenters. The van der Waals surface area contributed by atoms with Gasteiger partial charge in [-0.1, -0.05) is 24.3 Å². The van der Waals surface area contributed by atoms with Crippen molar-refractivity contribution < 1.29 is 5.11 Å². The van der Waals surface area contributed by atoms with E-state index in [1.165, 1.54) is 0 Å². The lowest BCUT2D eigenvalue weighted by atomic mass is 10.1. The van der Waals surface area contributed by atoms with E-state index in [-0.39, 0.29) is 11.8 Å². The first-order chi connectivity index (χ1) is 11.5. The molecule has 0 bridgehead atoms. The molecule has 124 valence electrons. The zero-order valence-corrected chi connectivity index (χ0v) is 14.2. The number of phenols is 1. The third kappa shape index (κ3) is 3.74. The second-order valence-electron chi connectivity index (χ2n) is 6.03. The molecule has 3 aromatic rings. The minimum Gasteiger partial charge on any atom is -0.508 e. The van der Waals surface area contributed by atoms with Crippen LogP contribution >= 0.6 is 0 Å². The number of phenolic OH excluding ortho intramolecular Hbond substituents is 1. The van der Waals surface area contributed by atoms with Crippen molar-refractivity contribution in [2.24, 2.45) is 0 Å². The number of aryl methyl sites for hydroxylation is 2. The van der Waals surface area contributed by atoms with E-state index in [1.807, 2.05) is 42.8 Å². The van der Waals surface area contributed by atoms with Crippen LogP contribution in [-0.2, 0) is 6.54 Å². The maximum absolute atomic E-state index is 9.62. The summed E-state index contributed by atoms with van der Waals surface area (Å²) < 4.78 is 1.91. The highest BCUT2D eigenvalue weighted by Crippen LogP contribution is 2.23. The predicted octanol–water partition coefficient (Wildman–Crippen LogP) is 3.82. The molecule has 2 aromatic carbocycles. The molecule has 0 saturated heterocycles. The molecule has 3 rings (SSSR count). The van der Waals surface area contributed by atoms with E-state index in [2.05, 4.69) is 34.5 Å². The summed E-state index contributed by atoms with van der Waals surface area (Å²) in [4.78, 5) is 4.34. The highest BCUT2D eigenvalue weighted by atomic mass is 16.3. The molecule has 1 unspecified atom stereocenters. The van der Waals surface area contributed by atoms with Crippen molar-refractivity contribution in [3.8, 4) is 5.75 Å². The van der Waals surface area contributed by atoms with Crippen molar-refractivity contribution in [3.63, 3.8) is 0 Å². The molecule has 0 amide bonds. The molecule has 1 heterocycles. The Kier molecular flexibility index (Phi) is 4.51. The molecule has 0 radical (unpaired) electrons. The smallest absolute Gasteiger partial charge is 0.147 e. The Hall–Kier alpha value is -2.82. The van der Waals surface area contributed by atoms with Crippen molar-refractivity contribution in [3.05, 3.63) is 71.3 Å². The van der Waals surface area contributed by atoms with E-state index < -0.39 is 0 Å². The van der Waals surface area contributed by atoms with Gasteiger partial charge < -0.3 is 10.4 Å². The quantitative estimate of drug-likeness (QED) is 0.749. The van der Waals surface area contributed by atoms with Gasteiger partial charge in [-0.2, -0.15) is 5.10 Å². The summed E-state index contributed by atoms with van der Waals surface area (Å²) >= 11 is 0. The molecule has 0 aliphatic carbocycles. The monoisotopic (exact) mass is 322 g/mol. The molecular formula is C19H22N4O. The number of rotatable bonds is 5. The van der Waals surface area contributed by atoms with Crippen molar-refractivity contribution >= 4 is 5.69 Å². The Bertz CT molecular complexity index is 841. The number of benzene rings is 2. The van der Waals surface area contributed by atoms with Gasteiger partial charge in [0.1, 0.15) is 17.4 Å². The zero-order chi connectivity index (χ0) is 17.1. The average Bonchev–Trinajstić information content (AvgIpc) is 2.85. The first kappa shape index (κ1) is 16.1. The highest BCUT2D eigenvalue weighted by molar-refractivity contribution is 5.48. The molecule has 0 aliphatic rings. The average molecular weight is 322 g/mol. The minimum atomic E-state index is 0.0997. The fourth-order valence-corrected chi connectivity index (χ4v) is 2.77. The number of aromatic hydroxyl groups is 1. The molecule has 5 nitrogen and oxygen atoms in total. The fraction of sp³-hybridized carbons (Fsp3) is 0.263. The minimum absolute atomic E-state index is 0.0997. The highest BCUT2D eigenvalue weighted by Gasteiger charge is 2.08. The van der Waals surface area contributed by atoms with Crippen LogP contribution in [0.3, 0.4) is 0 Å². The van der Waals surface area contributed by atoms with Crippen LogP contribution in [0, 0.1) is 13.8 Å². The zero-order valence-electron chi connectivity index (χ0n) is 14.2. The summed E-state index contributed by atoms with van der Waals surface area (Å²) in [5.41, 5.74) is 3.25. The Morgan fingerprint density at radius 1 is 1.12 bits per heavy atom. The molecule has 24 heavy (non-hydrogen) atoms. The largest absolute Gasteiger partial charge is 0.508 e. The number of nitrogens with zero attached hydrogens (tertiary/aromatic N) is 3. The molecule has 0 aliphatic heterocycles. The van der Waals surface area contributed by atoms with Gasteiger partial charge in [-0.05, 0) is 56.2 Å². The van der Waals surface area contributed by atoms with E-state index in [0.717, 1.165) is 28.5 Å². The summed E-state index contributed by atoms with van der Waals surface area (Å²) in [6, 6.07) is 15.7. The number of nitrogens with one attached hydrogen (secondary N) is 1. The first-order valence-electron chi connectivity index (χ1n) is 8.04. The summed E-state index contributed by atoms with van der Waals surface area (Å²) in [6.45, 7) is 6.64. The molecule has 0 fully saturated rings. The van der Waals surface area contributed by atoms with Gasteiger partial charge in [-0.15, -0.1) is 0 Å². The van der Waals surface area contributed by atoms with Crippen LogP contribution < -0.4 is 5.32 Å². The number of hydrogen-bond acceptors (Lipinski definition) is 4. The number of aromatic nitrogens is 3. The number of hydrogen-bond donors (Lipinski definition) is 2. The van der Waals surface area contributed by atoms with Crippen LogP contribution in [0.1, 0.15) is 35.7 Å². The van der Waals surface area contributed by atoms with Crippen LogP contribution in [0.5, 0.6) is 5.75 Å². The van der Waals surface area contributed by atoms with Crippen LogP contribution in [-0.4, -0.2) is 19.9 Å². The molecule has 1 aromatic heterocycles. The van der Waals surface area contributed by atoms with Crippen molar-refractivity contribution in [1.82, 2.24) is 14.8 Å². The van der Waals surface area contributed by atoms with Gasteiger partial charge >= 0.3 is 0 Å². The standard InChI is InChI=1S/C19H22N4O/c1-13(17-7-5-9-19(24)11-17)20-18-8-4-6-16(10-18)12-23-15(3)21-14(2)22-23/h4-11,13,20,24H,12H2,1-3H3. The van der Waals surface area contributed by atoms with Gasteiger partial charge in [0.15, 0.2) is 0 Å². The third-order valence-electron chi connectivity index (χ3n) is 3.98. The maximum atomic E-state index is 9.62. The van der Waals surface area contributed by atoms with E-state index in [0.29, 0.717) is 6.54 Å². The third-order valence-corrected chi connectivity index (χ3v) is 3.98. The normalized spacial score (nSPS) is 12.1. The van der Waals surface area contributed by atoms with Gasteiger partial charge in [-0.3, -0.25) is 0 Å². The summed E-state index contributed by atoms with van der Waals surface area (Å²) in [5, 5.41) is 17.5. The molecule has 0 spiro atoms. The van der Waals surface area contributed by atoms with E-state index in [1.54, 1.807) is 12.1 Å². The molecule has 0 saturated carbocycles. The molecular weight excluding hydrogens is 300 g/mol. The Labute approximate surface area is 142 Å². The topological polar surface area (TPSA) is 63.0 Å². The summed E-state index contributed by atoms with van der Waals surface area (Å²) in [5.74, 6) is 1.99. The lowest BCUT2D eigenvalue weighted by molar-refractivity contribution is 0.474. The van der Waals surface area contributed by atoms with Crippen LogP contribution in [0.15, 0.2) is 48.5 Å². The van der Waals surface area contributed by atoms with Crippen LogP contribution in [0.2, 0.25) is 0 Å². The Balaban J connectivity index is 1.74. The van der Waals surface area contributed by atoms with Crippen LogP contribution in [0.4, 0.5) is 5.69 Å². The summed E-state index contributed by atoms with van der Waals surface area (Å²) in [6.07, 6.45) is 0. The maximum Gasteiger partial charge on any atom is 0.147 e. The van der Waals surface area contributed by atoms with Crippen molar-refractivity contribution in [1.29, 1.82) is 0 Å². The SMILES string of the molecule is Cc1nc(C)n(Cc2cccc(NC(C)c3cccc(O)c3)c2)n1. The van der Waals surface area contributed by atoms with E-state index in [4.69, 9.17) is 0 Å². The van der Waals surface area contributed by atoms with Gasteiger partial charge in [0.2, 0.25) is 0 Å². The van der Waals surface area contributed by atoms with Crippen LogP contribution in [0.25, 0.3) is 0 Å². The van der Waals surface area contributed by atoms with Gasteiger partial charge in [0.05, 0.1) is 6.54 Å². The van der Waals surface area contributed by atoms with Gasteiger partial charge in [0.25, 0.3) is 0 Å². The molecule has 2 N–H and O–H groups in total. The van der Waals surface area contributed by atoms with Crippen molar-refractivity contribution in [2.75, 3.05) is 5.32 Å². The van der Waals surface area contributed by atoms with Gasteiger partial charge in [0, 0.05) is 11.7 Å². The number of anilines is 1. The summed E-state index contributed by atoms with van der Waals surface area (Å²) in [7, 11) is 0. The molecule has 5 heteroatoms. The lowest BCUT2D eigenvalue weighted by Gasteiger charge is -2.17. The predicted molar refractivity (Wildman–Crippen MR) is 95.2 cm³/mol. The lowest BCUT2D eigenvalue weighted by Crippen LogP contribution is -2.08.